The van der Waals surface area contributed by atoms with Crippen molar-refractivity contribution < 1.29 is 14.7 Å². The number of nitrogens with zero attached hydrogens (tertiary/aromatic N) is 1. The molecule has 2 aromatic rings. The second-order valence-corrected chi connectivity index (χ2v) is 5.62. The third kappa shape index (κ3) is 4.92. The highest BCUT2D eigenvalue weighted by atomic mass is 16.3. The first kappa shape index (κ1) is 17.7. The molecule has 0 radical (unpaired) electrons. The zero-order valence-corrected chi connectivity index (χ0v) is 13.5. The van der Waals surface area contributed by atoms with Gasteiger partial charge in [-0.2, -0.15) is 0 Å². The van der Waals surface area contributed by atoms with Crippen molar-refractivity contribution in [1.82, 2.24) is 15.3 Å². The maximum atomic E-state index is 12.3. The average Bonchev–Trinajstić information content (AvgIpc) is 3.08. The Morgan fingerprint density at radius 2 is 2.00 bits per heavy atom. The SMILES string of the molecule is CCC(=O)[C@H](Cc1c[nH]cn1)NC(=O)[C@@H](N)Cc1ccc(O)cc1. The topological polar surface area (TPSA) is 121 Å². The van der Waals surface area contributed by atoms with Gasteiger partial charge in [-0.05, 0) is 24.1 Å². The van der Waals surface area contributed by atoms with Gasteiger partial charge in [0.05, 0.1) is 24.1 Å². The quantitative estimate of drug-likeness (QED) is 0.567. The summed E-state index contributed by atoms with van der Waals surface area (Å²) in [6.45, 7) is 1.75. The first-order valence-corrected chi connectivity index (χ1v) is 7.83. The number of nitrogens with two attached hydrogens (primary N) is 1. The maximum Gasteiger partial charge on any atom is 0.237 e. The van der Waals surface area contributed by atoms with Gasteiger partial charge >= 0.3 is 0 Å². The van der Waals surface area contributed by atoms with E-state index in [2.05, 4.69) is 15.3 Å². The van der Waals surface area contributed by atoms with Gasteiger partial charge in [-0.1, -0.05) is 19.1 Å². The second kappa shape index (κ2) is 8.26. The van der Waals surface area contributed by atoms with Gasteiger partial charge in [-0.3, -0.25) is 9.59 Å². The maximum absolute atomic E-state index is 12.3. The van der Waals surface area contributed by atoms with E-state index in [1.165, 1.54) is 6.33 Å². The van der Waals surface area contributed by atoms with Crippen molar-refractivity contribution in [2.45, 2.75) is 38.3 Å². The molecule has 2 atom stereocenters. The van der Waals surface area contributed by atoms with Gasteiger partial charge in [-0.25, -0.2) is 4.98 Å². The van der Waals surface area contributed by atoms with Gasteiger partial charge in [0.1, 0.15) is 5.75 Å². The van der Waals surface area contributed by atoms with Gasteiger partial charge in [0.15, 0.2) is 5.78 Å². The predicted molar refractivity (Wildman–Crippen MR) is 89.3 cm³/mol. The molecule has 0 fully saturated rings. The molecular formula is C17H22N4O3. The fraction of sp³-hybridized carbons (Fsp3) is 0.353. The molecule has 5 N–H and O–H groups in total. The summed E-state index contributed by atoms with van der Waals surface area (Å²) in [6, 6.07) is 5.08. The van der Waals surface area contributed by atoms with E-state index in [0.717, 1.165) is 5.56 Å². The van der Waals surface area contributed by atoms with Gasteiger partial charge in [-0.15, -0.1) is 0 Å². The van der Waals surface area contributed by atoms with Crippen molar-refractivity contribution in [1.29, 1.82) is 0 Å². The van der Waals surface area contributed by atoms with Crippen LogP contribution in [-0.2, 0) is 22.4 Å². The number of nitrogens with one attached hydrogen (secondary N) is 2. The number of imidazole rings is 1. The Labute approximate surface area is 140 Å². The van der Waals surface area contributed by atoms with Crippen LogP contribution < -0.4 is 11.1 Å². The number of aromatic amines is 1. The first-order valence-electron chi connectivity index (χ1n) is 7.83. The van der Waals surface area contributed by atoms with Crippen LogP contribution >= 0.6 is 0 Å². The van der Waals surface area contributed by atoms with Crippen LogP contribution in [0.25, 0.3) is 0 Å². The standard InChI is InChI=1S/C17H22N4O3/c1-2-16(23)15(8-12-9-19-10-20-12)21-17(24)14(18)7-11-3-5-13(22)6-4-11/h3-6,9-10,14-15,22H,2,7-8,18H2,1H3,(H,19,20)(H,21,24)/t14-,15-/m0/s1. The predicted octanol–water partition coefficient (Wildman–Crippen LogP) is 0.692. The summed E-state index contributed by atoms with van der Waals surface area (Å²) >= 11 is 0. The zero-order valence-electron chi connectivity index (χ0n) is 13.5. The molecule has 0 aliphatic carbocycles. The van der Waals surface area contributed by atoms with Crippen LogP contribution in [0.2, 0.25) is 0 Å². The number of carbonyl (C=O) groups excluding carboxylic acids is 2. The van der Waals surface area contributed by atoms with Gasteiger partial charge in [0.25, 0.3) is 0 Å². The van der Waals surface area contributed by atoms with Crippen molar-refractivity contribution in [3.8, 4) is 5.75 Å². The number of amides is 1. The van der Waals surface area contributed by atoms with Crippen molar-refractivity contribution in [3.63, 3.8) is 0 Å². The van der Waals surface area contributed by atoms with Crippen LogP contribution in [0.5, 0.6) is 5.75 Å². The molecule has 1 amide bonds. The summed E-state index contributed by atoms with van der Waals surface area (Å²) in [7, 11) is 0. The third-order valence-corrected chi connectivity index (χ3v) is 3.75. The molecule has 0 spiro atoms. The van der Waals surface area contributed by atoms with Gasteiger partial charge in [0, 0.05) is 19.0 Å². The van der Waals surface area contributed by atoms with Crippen LogP contribution in [0, 0.1) is 0 Å². The number of hydrogen-bond donors (Lipinski definition) is 4. The lowest BCUT2D eigenvalue weighted by Gasteiger charge is -2.19. The van der Waals surface area contributed by atoms with Crippen LogP contribution in [0.15, 0.2) is 36.8 Å². The Hall–Kier alpha value is -2.67. The van der Waals surface area contributed by atoms with Crippen LogP contribution in [0.4, 0.5) is 0 Å². The lowest BCUT2D eigenvalue weighted by molar-refractivity contribution is -0.128. The average molecular weight is 330 g/mol. The molecule has 7 nitrogen and oxygen atoms in total. The minimum absolute atomic E-state index is 0.0665. The molecule has 128 valence electrons. The summed E-state index contributed by atoms with van der Waals surface area (Å²) in [5, 5.41) is 12.0. The summed E-state index contributed by atoms with van der Waals surface area (Å²) < 4.78 is 0. The van der Waals surface area contributed by atoms with Crippen molar-refractivity contribution in [2.75, 3.05) is 0 Å². The van der Waals surface area contributed by atoms with E-state index in [1.54, 1.807) is 37.4 Å². The molecule has 1 aromatic heterocycles. The number of hydrogen-bond acceptors (Lipinski definition) is 5. The number of Topliss-reactive ketones (excluding diaryl/α,β-unsaturated/α-hetero) is 1. The molecule has 0 aliphatic heterocycles. The third-order valence-electron chi connectivity index (χ3n) is 3.75. The van der Waals surface area contributed by atoms with Crippen molar-refractivity contribution in [2.24, 2.45) is 5.73 Å². The number of phenolic OH excluding ortho intramolecular Hbond substituents is 1. The van der Waals surface area contributed by atoms with E-state index in [-0.39, 0.29) is 17.4 Å². The number of phenols is 1. The largest absolute Gasteiger partial charge is 0.508 e. The Balaban J connectivity index is 1.97. The number of ketones is 1. The summed E-state index contributed by atoms with van der Waals surface area (Å²) in [4.78, 5) is 31.3. The van der Waals surface area contributed by atoms with Crippen LogP contribution in [0.3, 0.4) is 0 Å². The molecular weight excluding hydrogens is 308 g/mol. The van der Waals surface area contributed by atoms with Gasteiger partial charge in [0.2, 0.25) is 5.91 Å². The second-order valence-electron chi connectivity index (χ2n) is 5.62. The highest BCUT2D eigenvalue weighted by molar-refractivity contribution is 5.90. The molecule has 24 heavy (non-hydrogen) atoms. The number of benzene rings is 1. The summed E-state index contributed by atoms with van der Waals surface area (Å²) in [6.07, 6.45) is 4.19. The monoisotopic (exact) mass is 330 g/mol. The lowest BCUT2D eigenvalue weighted by atomic mass is 10.0. The first-order chi connectivity index (χ1) is 11.5. The van der Waals surface area contributed by atoms with Crippen molar-refractivity contribution in [3.05, 3.63) is 48.0 Å². The fourth-order valence-corrected chi connectivity index (χ4v) is 2.36. The van der Waals surface area contributed by atoms with Crippen molar-refractivity contribution >= 4 is 11.7 Å². The smallest absolute Gasteiger partial charge is 0.237 e. The fourth-order valence-electron chi connectivity index (χ4n) is 2.36. The summed E-state index contributed by atoms with van der Waals surface area (Å²) in [5.41, 5.74) is 7.48. The van der Waals surface area contributed by atoms with E-state index in [4.69, 9.17) is 5.73 Å². The minimum Gasteiger partial charge on any atom is -0.508 e. The van der Waals surface area contributed by atoms with Gasteiger partial charge < -0.3 is 21.1 Å². The molecule has 0 bridgehead atoms. The Kier molecular flexibility index (Phi) is 6.08. The molecule has 0 saturated heterocycles. The Morgan fingerprint density at radius 1 is 1.29 bits per heavy atom. The lowest BCUT2D eigenvalue weighted by Crippen LogP contribution is -2.50. The molecule has 0 unspecified atom stereocenters. The van der Waals surface area contributed by atoms with E-state index in [9.17, 15) is 14.7 Å². The number of carbonyl (C=O) groups is 2. The summed E-state index contributed by atoms with van der Waals surface area (Å²) in [5.74, 6) is -0.294. The van der Waals surface area contributed by atoms with E-state index in [0.29, 0.717) is 25.0 Å². The molecule has 1 heterocycles. The normalized spacial score (nSPS) is 13.2. The molecule has 0 aliphatic rings. The molecule has 7 heteroatoms. The number of H-pyrrole nitrogens is 1. The van der Waals surface area contributed by atoms with E-state index < -0.39 is 12.1 Å². The number of rotatable bonds is 8. The number of aromatic nitrogens is 2. The highest BCUT2D eigenvalue weighted by Gasteiger charge is 2.23. The zero-order chi connectivity index (χ0) is 17.5. The minimum atomic E-state index is -0.777. The van der Waals surface area contributed by atoms with E-state index >= 15 is 0 Å². The molecule has 1 aromatic carbocycles. The molecule has 0 saturated carbocycles. The Morgan fingerprint density at radius 3 is 2.58 bits per heavy atom. The van der Waals surface area contributed by atoms with Crippen LogP contribution in [-0.4, -0.2) is 38.8 Å². The van der Waals surface area contributed by atoms with E-state index in [1.807, 2.05) is 0 Å². The molecule has 2 rings (SSSR count). The van der Waals surface area contributed by atoms with Crippen LogP contribution in [0.1, 0.15) is 24.6 Å². The number of aromatic hydroxyl groups is 1. The Bertz CT molecular complexity index is 668. The highest BCUT2D eigenvalue weighted by Crippen LogP contribution is 2.11.